The number of aromatic nitrogens is 2. The molecule has 3 aliphatic rings. The molecule has 0 spiro atoms. The minimum atomic E-state index is 0.353. The molecule has 2 aliphatic carbocycles. The van der Waals surface area contributed by atoms with Gasteiger partial charge >= 0.3 is 0 Å². The number of rotatable bonds is 2. The molecule has 1 saturated heterocycles. The zero-order valence-corrected chi connectivity index (χ0v) is 10.6. The minimum Gasteiger partial charge on any atom is -0.340 e. The quantitative estimate of drug-likeness (QED) is 0.793. The molecule has 0 radical (unpaired) electrons. The van der Waals surface area contributed by atoms with Crippen molar-refractivity contribution < 1.29 is 4.79 Å². The summed E-state index contributed by atoms with van der Waals surface area (Å²) < 4.78 is 2.13. The third kappa shape index (κ3) is 1.66. The number of hydrogen-bond acceptors (Lipinski definition) is 2. The summed E-state index contributed by atoms with van der Waals surface area (Å²) in [6.45, 7) is 1.79. The summed E-state index contributed by atoms with van der Waals surface area (Å²) in [5.74, 6) is 0.739. The smallest absolute Gasteiger partial charge is 0.225 e. The molecule has 0 bridgehead atoms. The van der Waals surface area contributed by atoms with Crippen LogP contribution >= 0.6 is 0 Å². The van der Waals surface area contributed by atoms with Gasteiger partial charge in [0.15, 0.2) is 0 Å². The van der Waals surface area contributed by atoms with Crippen molar-refractivity contribution in [3.05, 3.63) is 17.5 Å². The maximum absolute atomic E-state index is 12.0. The Labute approximate surface area is 107 Å². The summed E-state index contributed by atoms with van der Waals surface area (Å²) in [5.41, 5.74) is 2.73. The molecule has 1 unspecified atom stereocenters. The minimum absolute atomic E-state index is 0.353. The summed E-state index contributed by atoms with van der Waals surface area (Å²) >= 11 is 0. The van der Waals surface area contributed by atoms with Gasteiger partial charge in [0.1, 0.15) is 0 Å². The van der Waals surface area contributed by atoms with Crippen LogP contribution in [0.25, 0.3) is 0 Å². The van der Waals surface area contributed by atoms with Crippen molar-refractivity contribution in [2.24, 2.45) is 5.92 Å². The summed E-state index contributed by atoms with van der Waals surface area (Å²) in [4.78, 5) is 14.1. The molecular weight excluding hydrogens is 226 g/mol. The van der Waals surface area contributed by atoms with E-state index in [-0.39, 0.29) is 0 Å². The number of amides is 1. The van der Waals surface area contributed by atoms with Crippen molar-refractivity contribution in [2.75, 3.05) is 13.1 Å². The average Bonchev–Trinajstić information content (AvgIpc) is 2.76. The molecule has 1 aromatic heterocycles. The number of nitrogens with zero attached hydrogens (tertiary/aromatic N) is 3. The molecule has 2 heterocycles. The van der Waals surface area contributed by atoms with Gasteiger partial charge in [-0.2, -0.15) is 5.10 Å². The first-order valence-corrected chi connectivity index (χ1v) is 7.17. The third-order valence-corrected chi connectivity index (χ3v) is 4.53. The predicted molar refractivity (Wildman–Crippen MR) is 67.2 cm³/mol. The Morgan fingerprint density at radius 3 is 2.94 bits per heavy atom. The van der Waals surface area contributed by atoms with Gasteiger partial charge in [0.25, 0.3) is 0 Å². The van der Waals surface area contributed by atoms with Gasteiger partial charge in [-0.15, -0.1) is 0 Å². The fourth-order valence-corrected chi connectivity index (χ4v) is 3.27. The zero-order chi connectivity index (χ0) is 12.1. The molecule has 1 atom stereocenters. The average molecular weight is 245 g/mol. The van der Waals surface area contributed by atoms with Gasteiger partial charge in [0.05, 0.1) is 11.7 Å². The van der Waals surface area contributed by atoms with Crippen LogP contribution in [0.2, 0.25) is 0 Å². The highest BCUT2D eigenvalue weighted by atomic mass is 16.2. The number of likely N-dealkylation sites (tertiary alicyclic amines) is 1. The van der Waals surface area contributed by atoms with Crippen LogP contribution in [0.3, 0.4) is 0 Å². The van der Waals surface area contributed by atoms with E-state index in [9.17, 15) is 4.79 Å². The fourth-order valence-electron chi connectivity index (χ4n) is 3.27. The Morgan fingerprint density at radius 1 is 1.28 bits per heavy atom. The van der Waals surface area contributed by atoms with Crippen LogP contribution in [0.15, 0.2) is 6.20 Å². The van der Waals surface area contributed by atoms with Crippen molar-refractivity contribution >= 4 is 5.91 Å². The SMILES string of the molecule is O=C(C1CC1)N1CCC(n2cc3c(n2)CCC3)C1. The second-order valence-corrected chi connectivity index (χ2v) is 5.94. The van der Waals surface area contributed by atoms with Crippen molar-refractivity contribution in [1.82, 2.24) is 14.7 Å². The molecule has 18 heavy (non-hydrogen) atoms. The van der Waals surface area contributed by atoms with Crippen molar-refractivity contribution in [2.45, 2.75) is 44.6 Å². The summed E-state index contributed by atoms with van der Waals surface area (Å²) in [6, 6.07) is 0.415. The lowest BCUT2D eigenvalue weighted by molar-refractivity contribution is -0.131. The Balaban J connectivity index is 1.47. The highest BCUT2D eigenvalue weighted by Gasteiger charge is 2.37. The van der Waals surface area contributed by atoms with E-state index in [4.69, 9.17) is 5.10 Å². The first kappa shape index (κ1) is 10.6. The first-order valence-electron chi connectivity index (χ1n) is 7.17. The number of fused-ring (bicyclic) bond motifs is 1. The molecule has 4 nitrogen and oxygen atoms in total. The summed E-state index contributed by atoms with van der Waals surface area (Å²) in [7, 11) is 0. The van der Waals surface area contributed by atoms with E-state index in [2.05, 4.69) is 15.8 Å². The summed E-state index contributed by atoms with van der Waals surface area (Å²) in [5, 5.41) is 4.71. The van der Waals surface area contributed by atoms with Crippen LogP contribution in [-0.2, 0) is 17.6 Å². The molecule has 0 aromatic carbocycles. The highest BCUT2D eigenvalue weighted by Crippen LogP contribution is 2.34. The third-order valence-electron chi connectivity index (χ3n) is 4.53. The lowest BCUT2D eigenvalue weighted by atomic mass is 10.2. The van der Waals surface area contributed by atoms with Crippen LogP contribution in [0.1, 0.15) is 43.0 Å². The van der Waals surface area contributed by atoms with E-state index in [1.165, 1.54) is 24.1 Å². The maximum Gasteiger partial charge on any atom is 0.225 e. The summed E-state index contributed by atoms with van der Waals surface area (Å²) in [6.07, 6.45) is 9.09. The Hall–Kier alpha value is -1.32. The van der Waals surface area contributed by atoms with Crippen LogP contribution in [0, 0.1) is 5.92 Å². The van der Waals surface area contributed by atoms with Gasteiger partial charge in [-0.3, -0.25) is 9.48 Å². The van der Waals surface area contributed by atoms with E-state index in [0.29, 0.717) is 17.9 Å². The lowest BCUT2D eigenvalue weighted by Crippen LogP contribution is -2.30. The predicted octanol–water partition coefficient (Wildman–Crippen LogP) is 1.56. The fraction of sp³-hybridized carbons (Fsp3) is 0.714. The number of carbonyl (C=O) groups excluding carboxylic acids is 1. The zero-order valence-electron chi connectivity index (χ0n) is 10.6. The van der Waals surface area contributed by atoms with Gasteiger partial charge in [0, 0.05) is 25.2 Å². The van der Waals surface area contributed by atoms with Gasteiger partial charge < -0.3 is 4.90 Å². The standard InChI is InChI=1S/C14H19N3O/c18-14(10-4-5-10)16-7-6-12(9-16)17-8-11-2-1-3-13(11)15-17/h8,10,12H,1-7,9H2. The van der Waals surface area contributed by atoms with Gasteiger partial charge in [-0.25, -0.2) is 0 Å². The topological polar surface area (TPSA) is 38.1 Å². The number of aryl methyl sites for hydroxylation is 2. The monoisotopic (exact) mass is 245 g/mol. The van der Waals surface area contributed by atoms with E-state index < -0.39 is 0 Å². The molecule has 0 N–H and O–H groups in total. The molecule has 4 rings (SSSR count). The van der Waals surface area contributed by atoms with Crippen LogP contribution < -0.4 is 0 Å². The van der Waals surface area contributed by atoms with Crippen molar-refractivity contribution in [1.29, 1.82) is 0 Å². The molecule has 2 fully saturated rings. The normalized spacial score (nSPS) is 26.7. The Morgan fingerprint density at radius 2 is 2.17 bits per heavy atom. The molecule has 1 aromatic rings. The molecule has 1 aliphatic heterocycles. The van der Waals surface area contributed by atoms with Crippen LogP contribution in [0.4, 0.5) is 0 Å². The largest absolute Gasteiger partial charge is 0.340 e. The highest BCUT2D eigenvalue weighted by molar-refractivity contribution is 5.81. The molecule has 1 amide bonds. The molecular formula is C14H19N3O. The second kappa shape index (κ2) is 3.84. The van der Waals surface area contributed by atoms with Crippen LogP contribution in [0.5, 0.6) is 0 Å². The van der Waals surface area contributed by atoms with Gasteiger partial charge in [-0.05, 0) is 44.1 Å². The van der Waals surface area contributed by atoms with Crippen LogP contribution in [-0.4, -0.2) is 33.7 Å². The number of hydrogen-bond donors (Lipinski definition) is 0. The Kier molecular flexibility index (Phi) is 2.26. The van der Waals surface area contributed by atoms with E-state index in [1.807, 2.05) is 0 Å². The number of carbonyl (C=O) groups is 1. The van der Waals surface area contributed by atoms with Crippen molar-refractivity contribution in [3.63, 3.8) is 0 Å². The van der Waals surface area contributed by atoms with E-state index in [0.717, 1.165) is 38.8 Å². The first-order chi connectivity index (χ1) is 8.81. The molecule has 4 heteroatoms. The van der Waals surface area contributed by atoms with Crippen molar-refractivity contribution in [3.8, 4) is 0 Å². The maximum atomic E-state index is 12.0. The lowest BCUT2D eigenvalue weighted by Gasteiger charge is -2.16. The second-order valence-electron chi connectivity index (χ2n) is 5.94. The molecule has 96 valence electrons. The van der Waals surface area contributed by atoms with E-state index in [1.54, 1.807) is 0 Å². The van der Waals surface area contributed by atoms with Gasteiger partial charge in [-0.1, -0.05) is 0 Å². The van der Waals surface area contributed by atoms with E-state index >= 15 is 0 Å². The Bertz CT molecular complexity index is 468. The molecule has 1 saturated carbocycles. The van der Waals surface area contributed by atoms with Gasteiger partial charge in [0.2, 0.25) is 5.91 Å².